The van der Waals surface area contributed by atoms with Gasteiger partial charge in [-0.15, -0.1) is 0 Å². The number of para-hydroxylation sites is 1. The Balaban J connectivity index is 1.67. The number of carbonyl (C=O) groups is 1. The predicted molar refractivity (Wildman–Crippen MR) is 152 cm³/mol. The van der Waals surface area contributed by atoms with Gasteiger partial charge in [-0.2, -0.15) is 0 Å². The second-order valence-electron chi connectivity index (χ2n) is 8.58. The van der Waals surface area contributed by atoms with E-state index in [2.05, 4.69) is 4.99 Å². The highest BCUT2D eigenvalue weighted by molar-refractivity contribution is 7.07. The number of hydrogen-bond donors (Lipinski definition) is 0. The molecule has 10 heteroatoms. The summed E-state index contributed by atoms with van der Waals surface area (Å²) in [6.07, 6.45) is 1.65. The van der Waals surface area contributed by atoms with Gasteiger partial charge in [0.1, 0.15) is 23.3 Å². The number of furan rings is 1. The van der Waals surface area contributed by atoms with Crippen LogP contribution in [0.2, 0.25) is 10.0 Å². The molecule has 0 spiro atoms. The van der Waals surface area contributed by atoms with Gasteiger partial charge in [0.15, 0.2) is 4.80 Å². The molecule has 200 valence electrons. The molecule has 0 unspecified atom stereocenters. The van der Waals surface area contributed by atoms with E-state index in [4.69, 9.17) is 37.1 Å². The van der Waals surface area contributed by atoms with Crippen molar-refractivity contribution in [1.82, 2.24) is 4.57 Å². The molecule has 1 atom stereocenters. The number of nitrogens with zero attached hydrogens (tertiary/aromatic N) is 2. The maximum Gasteiger partial charge on any atom is 0.338 e. The van der Waals surface area contributed by atoms with Crippen molar-refractivity contribution in [2.24, 2.45) is 4.99 Å². The normalized spacial score (nSPS) is 15.2. The molecule has 2 aromatic heterocycles. The van der Waals surface area contributed by atoms with E-state index >= 15 is 0 Å². The van der Waals surface area contributed by atoms with E-state index in [0.717, 1.165) is 0 Å². The fourth-order valence-electron chi connectivity index (χ4n) is 4.48. The largest absolute Gasteiger partial charge is 0.494 e. The number of ether oxygens (including phenoxy) is 2. The average Bonchev–Trinajstić information content (AvgIpc) is 3.50. The van der Waals surface area contributed by atoms with Crippen LogP contribution >= 0.6 is 34.5 Å². The van der Waals surface area contributed by atoms with Crippen LogP contribution in [0.1, 0.15) is 38.1 Å². The zero-order chi connectivity index (χ0) is 27.7. The van der Waals surface area contributed by atoms with Gasteiger partial charge in [0.05, 0.1) is 39.1 Å². The van der Waals surface area contributed by atoms with Crippen molar-refractivity contribution in [2.75, 3.05) is 13.2 Å². The predicted octanol–water partition coefficient (Wildman–Crippen LogP) is 5.76. The smallest absolute Gasteiger partial charge is 0.338 e. The first-order chi connectivity index (χ1) is 18.8. The summed E-state index contributed by atoms with van der Waals surface area (Å²) in [5, 5.41) is 0.801. The molecule has 7 nitrogen and oxygen atoms in total. The lowest BCUT2D eigenvalue weighted by atomic mass is 9.95. The maximum atomic E-state index is 13.9. The van der Waals surface area contributed by atoms with Gasteiger partial charge in [-0.05, 0) is 51.1 Å². The van der Waals surface area contributed by atoms with Gasteiger partial charge in [-0.3, -0.25) is 9.36 Å². The van der Waals surface area contributed by atoms with Crippen LogP contribution in [0.4, 0.5) is 0 Å². The first kappa shape index (κ1) is 27.0. The first-order valence-electron chi connectivity index (χ1n) is 12.3. The Morgan fingerprint density at radius 2 is 1.90 bits per heavy atom. The maximum absolute atomic E-state index is 13.9. The minimum absolute atomic E-state index is 0.192. The highest BCUT2D eigenvalue weighted by Crippen LogP contribution is 2.36. The number of allylic oxidation sites excluding steroid dienone is 1. The summed E-state index contributed by atoms with van der Waals surface area (Å²) < 4.78 is 19.2. The average molecular weight is 583 g/mol. The van der Waals surface area contributed by atoms with E-state index in [1.807, 2.05) is 31.2 Å². The van der Waals surface area contributed by atoms with Crippen molar-refractivity contribution in [3.8, 4) is 17.1 Å². The number of aromatic nitrogens is 1. The van der Waals surface area contributed by atoms with Crippen LogP contribution in [0, 0.1) is 0 Å². The summed E-state index contributed by atoms with van der Waals surface area (Å²) in [6.45, 7) is 5.97. The molecule has 1 aliphatic heterocycles. The lowest BCUT2D eigenvalue weighted by Gasteiger charge is -2.26. The number of halogens is 2. The Labute approximate surface area is 238 Å². The molecule has 5 rings (SSSR count). The number of hydrogen-bond acceptors (Lipinski definition) is 7. The SMILES string of the molecule is CCOC(=O)C1=C(C)N=c2s/c(=C\c3ccc(-c4cccc(Cl)c4Cl)o3)c(=O)n2[C@@H]1c1ccccc1OCC. The number of fused-ring (bicyclic) bond motifs is 1. The number of esters is 1. The fraction of sp³-hybridized carbons (Fsp3) is 0.207. The molecule has 0 radical (unpaired) electrons. The van der Waals surface area contributed by atoms with Crippen LogP contribution in [0.15, 0.2) is 80.1 Å². The van der Waals surface area contributed by atoms with Crippen LogP contribution in [0.3, 0.4) is 0 Å². The van der Waals surface area contributed by atoms with Gasteiger partial charge in [0, 0.05) is 17.2 Å². The summed E-state index contributed by atoms with van der Waals surface area (Å²) >= 11 is 13.7. The Kier molecular flexibility index (Phi) is 7.79. The molecular weight excluding hydrogens is 559 g/mol. The third kappa shape index (κ3) is 5.07. The third-order valence-electron chi connectivity index (χ3n) is 6.15. The van der Waals surface area contributed by atoms with Crippen molar-refractivity contribution in [3.63, 3.8) is 0 Å². The lowest BCUT2D eigenvalue weighted by Crippen LogP contribution is -2.40. The number of benzene rings is 2. The van der Waals surface area contributed by atoms with Crippen molar-refractivity contribution in [3.05, 3.63) is 107 Å². The van der Waals surface area contributed by atoms with Gasteiger partial charge in [0.25, 0.3) is 5.56 Å². The number of thiazole rings is 1. The molecular formula is C29H24Cl2N2O5S. The second-order valence-corrected chi connectivity index (χ2v) is 10.4. The minimum Gasteiger partial charge on any atom is -0.494 e. The van der Waals surface area contributed by atoms with Gasteiger partial charge < -0.3 is 13.9 Å². The highest BCUT2D eigenvalue weighted by atomic mass is 35.5. The zero-order valence-electron chi connectivity index (χ0n) is 21.4. The Hall–Kier alpha value is -3.59. The molecule has 3 heterocycles. The Morgan fingerprint density at radius 3 is 2.67 bits per heavy atom. The summed E-state index contributed by atoms with van der Waals surface area (Å²) in [5.41, 5.74) is 1.77. The molecule has 39 heavy (non-hydrogen) atoms. The van der Waals surface area contributed by atoms with E-state index < -0.39 is 12.0 Å². The van der Waals surface area contributed by atoms with E-state index in [-0.39, 0.29) is 12.2 Å². The summed E-state index contributed by atoms with van der Waals surface area (Å²) in [5.74, 6) is 1.02. The molecule has 0 saturated carbocycles. The topological polar surface area (TPSA) is 83.0 Å². The standard InChI is InChI=1S/C29H24Cl2N2O5S/c1-4-36-21-12-7-6-9-19(21)26-24(28(35)37-5-2)16(3)32-29-33(26)27(34)23(39-29)15-17-13-14-22(38-17)18-10-8-11-20(30)25(18)31/h6-15,26H,4-5H2,1-3H3/b23-15-/t26-/m1/s1. The molecule has 0 saturated heterocycles. The third-order valence-corrected chi connectivity index (χ3v) is 7.95. The van der Waals surface area contributed by atoms with Gasteiger partial charge in [-0.25, -0.2) is 9.79 Å². The Bertz CT molecular complexity index is 1780. The molecule has 0 amide bonds. The highest BCUT2D eigenvalue weighted by Gasteiger charge is 2.35. The summed E-state index contributed by atoms with van der Waals surface area (Å²) in [6, 6.07) is 15.4. The molecule has 4 aromatic rings. The van der Waals surface area contributed by atoms with Crippen LogP contribution in [-0.4, -0.2) is 23.8 Å². The van der Waals surface area contributed by atoms with Gasteiger partial charge >= 0.3 is 5.97 Å². The van der Waals surface area contributed by atoms with E-state index in [1.54, 1.807) is 50.3 Å². The number of carbonyl (C=O) groups excluding carboxylic acids is 1. The van der Waals surface area contributed by atoms with Gasteiger partial charge in [0.2, 0.25) is 0 Å². The van der Waals surface area contributed by atoms with Crippen molar-refractivity contribution in [2.45, 2.75) is 26.8 Å². The molecule has 0 aliphatic carbocycles. The second kappa shape index (κ2) is 11.3. The van der Waals surface area contributed by atoms with E-state index in [0.29, 0.717) is 65.7 Å². The van der Waals surface area contributed by atoms with Crippen LogP contribution < -0.4 is 19.6 Å². The van der Waals surface area contributed by atoms with Crippen LogP contribution in [0.5, 0.6) is 5.75 Å². The minimum atomic E-state index is -0.775. The summed E-state index contributed by atoms with van der Waals surface area (Å²) in [4.78, 5) is 32.1. The molecule has 2 aromatic carbocycles. The van der Waals surface area contributed by atoms with E-state index in [9.17, 15) is 9.59 Å². The molecule has 0 bridgehead atoms. The number of rotatable bonds is 7. The molecule has 1 aliphatic rings. The summed E-state index contributed by atoms with van der Waals surface area (Å²) in [7, 11) is 0. The van der Waals surface area contributed by atoms with Gasteiger partial charge in [-0.1, -0.05) is 58.8 Å². The quantitative estimate of drug-likeness (QED) is 0.258. The fourth-order valence-corrected chi connectivity index (χ4v) is 5.90. The monoisotopic (exact) mass is 582 g/mol. The Morgan fingerprint density at radius 1 is 1.10 bits per heavy atom. The van der Waals surface area contributed by atoms with E-state index in [1.165, 1.54) is 15.9 Å². The zero-order valence-corrected chi connectivity index (χ0v) is 23.7. The lowest BCUT2D eigenvalue weighted by molar-refractivity contribution is -0.139. The molecule has 0 fully saturated rings. The van der Waals surface area contributed by atoms with Crippen molar-refractivity contribution in [1.29, 1.82) is 0 Å². The molecule has 0 N–H and O–H groups in total. The first-order valence-corrected chi connectivity index (χ1v) is 13.9. The van der Waals surface area contributed by atoms with Crippen LogP contribution in [-0.2, 0) is 9.53 Å². The van der Waals surface area contributed by atoms with Crippen molar-refractivity contribution < 1.29 is 18.7 Å². The van der Waals surface area contributed by atoms with Crippen molar-refractivity contribution >= 4 is 46.6 Å². The van der Waals surface area contributed by atoms with Crippen LogP contribution in [0.25, 0.3) is 17.4 Å².